The molecule has 1 aliphatic heterocycles. The lowest BCUT2D eigenvalue weighted by Gasteiger charge is -2.29. The highest BCUT2D eigenvalue weighted by molar-refractivity contribution is 5.59. The average molecular weight is 349 g/mol. The lowest BCUT2D eigenvalue weighted by Crippen LogP contribution is -2.29. The van der Waals surface area contributed by atoms with E-state index in [9.17, 15) is 4.79 Å². The van der Waals surface area contributed by atoms with E-state index in [-0.39, 0.29) is 12.1 Å². The van der Waals surface area contributed by atoms with Crippen LogP contribution in [-0.4, -0.2) is 51.7 Å². The quantitative estimate of drug-likeness (QED) is 0.505. The Kier molecular flexibility index (Phi) is 7.26. The topological polar surface area (TPSA) is 48.0 Å². The van der Waals surface area contributed by atoms with Crippen molar-refractivity contribution in [3.05, 3.63) is 23.8 Å². The first-order chi connectivity index (χ1) is 12.0. The van der Waals surface area contributed by atoms with Crippen LogP contribution < -0.4 is 9.47 Å². The average Bonchev–Trinajstić information content (AvgIpc) is 2.95. The maximum absolute atomic E-state index is 11.4. The Morgan fingerprint density at radius 3 is 2.60 bits per heavy atom. The summed E-state index contributed by atoms with van der Waals surface area (Å²) in [5.74, 6) is 2.43. The van der Waals surface area contributed by atoms with E-state index in [0.29, 0.717) is 25.0 Å². The number of rotatable bonds is 9. The molecule has 2 rings (SSSR count). The molecule has 5 heteroatoms. The Bertz CT molecular complexity index is 561. The molecule has 0 saturated carbocycles. The van der Waals surface area contributed by atoms with Crippen LogP contribution in [0.15, 0.2) is 18.2 Å². The van der Waals surface area contributed by atoms with Gasteiger partial charge in [0, 0.05) is 26.2 Å². The van der Waals surface area contributed by atoms with Crippen molar-refractivity contribution < 1.29 is 19.0 Å². The minimum Gasteiger partial charge on any atom is -0.493 e. The molecule has 0 N–H and O–H groups in total. The summed E-state index contributed by atoms with van der Waals surface area (Å²) in [6, 6.07) is 6.30. The van der Waals surface area contributed by atoms with Gasteiger partial charge in [0.15, 0.2) is 11.5 Å². The van der Waals surface area contributed by atoms with E-state index in [2.05, 4.69) is 30.9 Å². The van der Waals surface area contributed by atoms with Crippen molar-refractivity contribution in [2.75, 3.05) is 34.5 Å². The van der Waals surface area contributed by atoms with Gasteiger partial charge in [-0.2, -0.15) is 0 Å². The Morgan fingerprint density at radius 2 is 2.00 bits per heavy atom. The van der Waals surface area contributed by atoms with Gasteiger partial charge in [-0.25, -0.2) is 0 Å². The number of ether oxygens (including phenoxy) is 3. The fraction of sp³-hybridized carbons (Fsp3) is 0.650. The number of methoxy groups -OCH3 is 2. The molecule has 1 saturated heterocycles. The fourth-order valence-electron chi connectivity index (χ4n) is 3.73. The molecule has 140 valence electrons. The van der Waals surface area contributed by atoms with Crippen molar-refractivity contribution in [3.63, 3.8) is 0 Å². The van der Waals surface area contributed by atoms with Gasteiger partial charge in [-0.15, -0.1) is 0 Å². The maximum Gasteiger partial charge on any atom is 0.161 e. The van der Waals surface area contributed by atoms with Gasteiger partial charge in [0.2, 0.25) is 0 Å². The molecule has 1 fully saturated rings. The van der Waals surface area contributed by atoms with Crippen LogP contribution in [0.1, 0.15) is 38.3 Å². The molecule has 0 spiro atoms. The lowest BCUT2D eigenvalue weighted by molar-refractivity contribution is -0.111. The van der Waals surface area contributed by atoms with Gasteiger partial charge < -0.3 is 19.0 Å². The summed E-state index contributed by atoms with van der Waals surface area (Å²) in [4.78, 5) is 13.6. The van der Waals surface area contributed by atoms with E-state index in [1.807, 2.05) is 13.1 Å². The van der Waals surface area contributed by atoms with Gasteiger partial charge >= 0.3 is 0 Å². The SMILES string of the molecule is COCCCOc1cc([C@H]2[C@H](C(C)C)C[C@@H](C=O)N2C)ccc1OC. The maximum atomic E-state index is 11.4. The Hall–Kier alpha value is -1.59. The molecule has 5 nitrogen and oxygen atoms in total. The molecular weight excluding hydrogens is 318 g/mol. The zero-order chi connectivity index (χ0) is 18.4. The molecule has 0 aromatic heterocycles. The molecule has 1 aliphatic rings. The first-order valence-electron chi connectivity index (χ1n) is 9.00. The number of hydrogen-bond donors (Lipinski definition) is 0. The van der Waals surface area contributed by atoms with Gasteiger partial charge in [0.05, 0.1) is 19.8 Å². The van der Waals surface area contributed by atoms with E-state index in [4.69, 9.17) is 14.2 Å². The van der Waals surface area contributed by atoms with Crippen molar-refractivity contribution in [1.82, 2.24) is 4.90 Å². The summed E-state index contributed by atoms with van der Waals surface area (Å²) in [5, 5.41) is 0. The molecule has 1 heterocycles. The van der Waals surface area contributed by atoms with Crippen molar-refractivity contribution in [2.24, 2.45) is 11.8 Å². The summed E-state index contributed by atoms with van der Waals surface area (Å²) < 4.78 is 16.4. The molecule has 0 aliphatic carbocycles. The molecule has 0 unspecified atom stereocenters. The third-order valence-corrected chi connectivity index (χ3v) is 5.17. The van der Waals surface area contributed by atoms with Crippen LogP contribution in [0.2, 0.25) is 0 Å². The summed E-state index contributed by atoms with van der Waals surface area (Å²) in [5.41, 5.74) is 1.17. The molecule has 1 aromatic carbocycles. The monoisotopic (exact) mass is 349 g/mol. The Balaban J connectivity index is 2.26. The van der Waals surface area contributed by atoms with Crippen molar-refractivity contribution >= 4 is 6.29 Å². The number of likely N-dealkylation sites (N-methyl/N-ethyl adjacent to an activating group) is 1. The molecule has 0 bridgehead atoms. The fourth-order valence-corrected chi connectivity index (χ4v) is 3.73. The Morgan fingerprint density at radius 1 is 1.24 bits per heavy atom. The number of hydrogen-bond acceptors (Lipinski definition) is 5. The molecule has 3 atom stereocenters. The number of aldehydes is 1. The van der Waals surface area contributed by atoms with Crippen LogP contribution in [0.5, 0.6) is 11.5 Å². The molecule has 0 amide bonds. The third kappa shape index (κ3) is 4.53. The van der Waals surface area contributed by atoms with Gasteiger partial charge in [0.25, 0.3) is 0 Å². The number of likely N-dealkylation sites (tertiary alicyclic amines) is 1. The van der Waals surface area contributed by atoms with E-state index in [1.54, 1.807) is 14.2 Å². The molecule has 25 heavy (non-hydrogen) atoms. The van der Waals surface area contributed by atoms with Crippen LogP contribution in [-0.2, 0) is 9.53 Å². The summed E-state index contributed by atoms with van der Waals surface area (Å²) in [6.07, 6.45) is 2.80. The summed E-state index contributed by atoms with van der Waals surface area (Å²) in [6.45, 7) is 5.71. The lowest BCUT2D eigenvalue weighted by atomic mass is 9.84. The van der Waals surface area contributed by atoms with Crippen LogP contribution in [0.4, 0.5) is 0 Å². The predicted octanol–water partition coefficient (Wildman–Crippen LogP) is 3.33. The minimum atomic E-state index is -0.0226. The van der Waals surface area contributed by atoms with Gasteiger partial charge in [-0.1, -0.05) is 19.9 Å². The van der Waals surface area contributed by atoms with Crippen molar-refractivity contribution in [2.45, 2.75) is 38.8 Å². The van der Waals surface area contributed by atoms with Crippen LogP contribution in [0.25, 0.3) is 0 Å². The van der Waals surface area contributed by atoms with E-state index in [1.165, 1.54) is 5.56 Å². The standard InChI is InChI=1S/C20H31NO4/c1-14(2)17-12-16(13-22)21(3)20(17)15-7-8-18(24-5)19(11-15)25-10-6-9-23-4/h7-8,11,13-14,16-17,20H,6,9-10,12H2,1-5H3/t16-,17-,20-/m0/s1. The van der Waals surface area contributed by atoms with Crippen LogP contribution in [0, 0.1) is 11.8 Å². The van der Waals surface area contributed by atoms with E-state index >= 15 is 0 Å². The summed E-state index contributed by atoms with van der Waals surface area (Å²) in [7, 11) is 5.38. The highest BCUT2D eigenvalue weighted by Gasteiger charge is 2.41. The van der Waals surface area contributed by atoms with Crippen molar-refractivity contribution in [1.29, 1.82) is 0 Å². The second-order valence-corrected chi connectivity index (χ2v) is 7.06. The number of carbonyl (C=O) groups is 1. The number of benzene rings is 1. The third-order valence-electron chi connectivity index (χ3n) is 5.17. The zero-order valence-electron chi connectivity index (χ0n) is 16.0. The normalized spacial score (nSPS) is 23.8. The second-order valence-electron chi connectivity index (χ2n) is 7.06. The smallest absolute Gasteiger partial charge is 0.161 e. The highest BCUT2D eigenvalue weighted by Crippen LogP contribution is 2.44. The molecule has 1 aromatic rings. The minimum absolute atomic E-state index is 0.0226. The number of nitrogens with zero attached hydrogens (tertiary/aromatic N) is 1. The van der Waals surface area contributed by atoms with Crippen LogP contribution in [0.3, 0.4) is 0 Å². The molecular formula is C20H31NO4. The number of carbonyl (C=O) groups excluding carboxylic acids is 1. The van der Waals surface area contributed by atoms with E-state index in [0.717, 1.165) is 30.6 Å². The highest BCUT2D eigenvalue weighted by atomic mass is 16.5. The second kappa shape index (κ2) is 9.20. The van der Waals surface area contributed by atoms with Gasteiger partial charge in [0.1, 0.15) is 6.29 Å². The van der Waals surface area contributed by atoms with E-state index < -0.39 is 0 Å². The van der Waals surface area contributed by atoms with Crippen molar-refractivity contribution in [3.8, 4) is 11.5 Å². The van der Waals surface area contributed by atoms with Gasteiger partial charge in [-0.05, 0) is 43.0 Å². The van der Waals surface area contributed by atoms with Gasteiger partial charge in [-0.3, -0.25) is 4.90 Å². The van der Waals surface area contributed by atoms with Crippen LogP contribution >= 0.6 is 0 Å². The summed E-state index contributed by atoms with van der Waals surface area (Å²) >= 11 is 0. The largest absolute Gasteiger partial charge is 0.493 e. The first-order valence-corrected chi connectivity index (χ1v) is 9.00. The predicted molar refractivity (Wildman–Crippen MR) is 98.3 cm³/mol. The molecule has 0 radical (unpaired) electrons. The Labute approximate surface area is 151 Å². The first kappa shape index (κ1) is 19.7. The zero-order valence-corrected chi connectivity index (χ0v) is 16.0.